The first-order valence-electron chi connectivity index (χ1n) is 8.59. The Morgan fingerprint density at radius 3 is 2.43 bits per heavy atom. The maximum atomic E-state index is 12.3. The monoisotopic (exact) mass is 472 g/mol. The van der Waals surface area contributed by atoms with Crippen molar-refractivity contribution in [1.82, 2.24) is 5.43 Å². The zero-order chi connectivity index (χ0) is 19.9. The SMILES string of the molecule is C/C(=N\NC(=O)c1ccc(CSc2ccc(Cl)cc2)cc1)c1cccc(Br)c1. The van der Waals surface area contributed by atoms with Crippen LogP contribution < -0.4 is 5.43 Å². The summed E-state index contributed by atoms with van der Waals surface area (Å²) < 4.78 is 0.970. The zero-order valence-electron chi connectivity index (χ0n) is 15.2. The van der Waals surface area contributed by atoms with Gasteiger partial charge in [-0.1, -0.05) is 51.8 Å². The summed E-state index contributed by atoms with van der Waals surface area (Å²) in [6.45, 7) is 1.86. The molecule has 0 heterocycles. The molecule has 0 bridgehead atoms. The van der Waals surface area contributed by atoms with Crippen LogP contribution in [-0.2, 0) is 5.75 Å². The van der Waals surface area contributed by atoms with Crippen molar-refractivity contribution >= 4 is 50.9 Å². The van der Waals surface area contributed by atoms with Crippen LogP contribution >= 0.6 is 39.3 Å². The molecule has 0 aliphatic rings. The summed E-state index contributed by atoms with van der Waals surface area (Å²) in [6.07, 6.45) is 0. The molecule has 1 N–H and O–H groups in total. The summed E-state index contributed by atoms with van der Waals surface area (Å²) in [7, 11) is 0. The molecule has 0 aliphatic heterocycles. The molecular formula is C22H18BrClN2OS. The van der Waals surface area contributed by atoms with E-state index >= 15 is 0 Å². The molecule has 6 heteroatoms. The second kappa shape index (κ2) is 9.92. The van der Waals surface area contributed by atoms with Gasteiger partial charge in [-0.3, -0.25) is 4.79 Å². The van der Waals surface area contributed by atoms with Crippen LogP contribution in [0, 0.1) is 0 Å². The van der Waals surface area contributed by atoms with Crippen LogP contribution in [0.3, 0.4) is 0 Å². The summed E-state index contributed by atoms with van der Waals surface area (Å²) in [5.41, 5.74) is 6.02. The smallest absolute Gasteiger partial charge is 0.267 e. The largest absolute Gasteiger partial charge is 0.271 e. The van der Waals surface area contributed by atoms with E-state index < -0.39 is 0 Å². The summed E-state index contributed by atoms with van der Waals surface area (Å²) in [5.74, 6) is 0.593. The van der Waals surface area contributed by atoms with Crippen molar-refractivity contribution in [2.75, 3.05) is 0 Å². The van der Waals surface area contributed by atoms with Crippen molar-refractivity contribution in [3.05, 3.63) is 99.0 Å². The number of benzene rings is 3. The Bertz CT molecular complexity index is 988. The van der Waals surface area contributed by atoms with Crippen molar-refractivity contribution in [2.24, 2.45) is 5.10 Å². The molecule has 3 aromatic carbocycles. The fraction of sp³-hybridized carbons (Fsp3) is 0.0909. The van der Waals surface area contributed by atoms with Gasteiger partial charge in [0.15, 0.2) is 0 Å². The molecule has 0 aliphatic carbocycles. The van der Waals surface area contributed by atoms with E-state index in [1.807, 2.05) is 79.7 Å². The van der Waals surface area contributed by atoms with E-state index in [4.69, 9.17) is 11.6 Å². The molecule has 0 aromatic heterocycles. The van der Waals surface area contributed by atoms with E-state index in [2.05, 4.69) is 26.5 Å². The molecule has 142 valence electrons. The topological polar surface area (TPSA) is 41.5 Å². The van der Waals surface area contributed by atoms with Crippen molar-refractivity contribution in [2.45, 2.75) is 17.6 Å². The second-order valence-electron chi connectivity index (χ2n) is 6.09. The quantitative estimate of drug-likeness (QED) is 0.250. The van der Waals surface area contributed by atoms with E-state index in [0.29, 0.717) is 5.56 Å². The molecule has 0 unspecified atom stereocenters. The zero-order valence-corrected chi connectivity index (χ0v) is 18.3. The summed E-state index contributed by atoms with van der Waals surface area (Å²) in [4.78, 5) is 13.5. The number of hydrogen-bond donors (Lipinski definition) is 1. The minimum Gasteiger partial charge on any atom is -0.267 e. The van der Waals surface area contributed by atoms with E-state index in [1.54, 1.807) is 11.8 Å². The van der Waals surface area contributed by atoms with Crippen LogP contribution in [0.2, 0.25) is 5.02 Å². The van der Waals surface area contributed by atoms with Gasteiger partial charge in [-0.2, -0.15) is 5.10 Å². The van der Waals surface area contributed by atoms with Crippen molar-refractivity contribution in [1.29, 1.82) is 0 Å². The highest BCUT2D eigenvalue weighted by molar-refractivity contribution is 9.10. The normalized spacial score (nSPS) is 11.3. The lowest BCUT2D eigenvalue weighted by Crippen LogP contribution is -2.19. The number of carbonyl (C=O) groups is 1. The van der Waals surface area contributed by atoms with Gasteiger partial charge >= 0.3 is 0 Å². The Morgan fingerprint density at radius 2 is 1.75 bits per heavy atom. The van der Waals surface area contributed by atoms with E-state index in [9.17, 15) is 4.79 Å². The third-order valence-corrected chi connectivity index (χ3v) is 5.83. The maximum Gasteiger partial charge on any atom is 0.271 e. The first kappa shape index (κ1) is 20.6. The van der Waals surface area contributed by atoms with Crippen LogP contribution in [0.15, 0.2) is 87.3 Å². The molecule has 3 rings (SSSR count). The Balaban J connectivity index is 1.57. The van der Waals surface area contributed by atoms with Gasteiger partial charge in [0, 0.05) is 25.7 Å². The number of hydrazone groups is 1. The molecular weight excluding hydrogens is 456 g/mol. The van der Waals surface area contributed by atoms with Gasteiger partial charge in [-0.15, -0.1) is 11.8 Å². The number of hydrogen-bond acceptors (Lipinski definition) is 3. The second-order valence-corrected chi connectivity index (χ2v) is 8.49. The maximum absolute atomic E-state index is 12.3. The lowest BCUT2D eigenvalue weighted by molar-refractivity contribution is 0.0955. The number of nitrogens with zero attached hydrogens (tertiary/aromatic N) is 1. The van der Waals surface area contributed by atoms with Crippen molar-refractivity contribution < 1.29 is 4.79 Å². The predicted molar refractivity (Wildman–Crippen MR) is 121 cm³/mol. The predicted octanol–water partition coefficient (Wildman–Crippen LogP) is 6.55. The molecule has 3 nitrogen and oxygen atoms in total. The molecule has 0 saturated heterocycles. The highest BCUT2D eigenvalue weighted by atomic mass is 79.9. The van der Waals surface area contributed by atoms with E-state index in [1.165, 1.54) is 0 Å². The molecule has 0 atom stereocenters. The van der Waals surface area contributed by atoms with Gasteiger partial charge in [0.2, 0.25) is 0 Å². The summed E-state index contributed by atoms with van der Waals surface area (Å²) >= 11 is 11.1. The molecule has 0 radical (unpaired) electrons. The minimum atomic E-state index is -0.230. The Morgan fingerprint density at radius 1 is 1.04 bits per heavy atom. The van der Waals surface area contributed by atoms with Gasteiger partial charge in [-0.25, -0.2) is 5.43 Å². The van der Waals surface area contributed by atoms with E-state index in [-0.39, 0.29) is 5.91 Å². The van der Waals surface area contributed by atoms with Gasteiger partial charge in [0.1, 0.15) is 0 Å². The fourth-order valence-corrected chi connectivity index (χ4v) is 3.81. The first-order valence-corrected chi connectivity index (χ1v) is 10.7. The molecule has 0 fully saturated rings. The number of nitrogens with one attached hydrogen (secondary N) is 1. The number of halogens is 2. The van der Waals surface area contributed by atoms with Gasteiger partial charge in [0.05, 0.1) is 5.71 Å². The third kappa shape index (κ3) is 5.96. The Labute approximate surface area is 182 Å². The number of carbonyl (C=O) groups excluding carboxylic acids is 1. The number of thioether (sulfide) groups is 1. The minimum absolute atomic E-state index is 0.230. The average Bonchev–Trinajstić information content (AvgIpc) is 2.71. The first-order chi connectivity index (χ1) is 13.5. The van der Waals surface area contributed by atoms with Crippen molar-refractivity contribution in [3.8, 4) is 0 Å². The van der Waals surface area contributed by atoms with Crippen LogP contribution in [0.25, 0.3) is 0 Å². The number of amides is 1. The van der Waals surface area contributed by atoms with Gasteiger partial charge < -0.3 is 0 Å². The summed E-state index contributed by atoms with van der Waals surface area (Å²) in [5, 5.41) is 4.93. The molecule has 28 heavy (non-hydrogen) atoms. The van der Waals surface area contributed by atoms with Gasteiger partial charge in [0.25, 0.3) is 5.91 Å². The van der Waals surface area contributed by atoms with Crippen LogP contribution in [0.4, 0.5) is 0 Å². The third-order valence-electron chi connectivity index (χ3n) is 4.00. The Hall–Kier alpha value is -2.08. The fourth-order valence-electron chi connectivity index (χ4n) is 2.43. The average molecular weight is 474 g/mol. The molecule has 0 saturated carbocycles. The lowest BCUT2D eigenvalue weighted by atomic mass is 10.1. The van der Waals surface area contributed by atoms with Crippen LogP contribution in [-0.4, -0.2) is 11.6 Å². The number of rotatable bonds is 6. The Kier molecular flexibility index (Phi) is 7.31. The van der Waals surface area contributed by atoms with Crippen molar-refractivity contribution in [3.63, 3.8) is 0 Å². The van der Waals surface area contributed by atoms with Crippen LogP contribution in [0.5, 0.6) is 0 Å². The highest BCUT2D eigenvalue weighted by Gasteiger charge is 2.06. The molecule has 1 amide bonds. The van der Waals surface area contributed by atoms with E-state index in [0.717, 1.165) is 37.0 Å². The molecule has 0 spiro atoms. The lowest BCUT2D eigenvalue weighted by Gasteiger charge is -2.05. The van der Waals surface area contributed by atoms with Gasteiger partial charge in [-0.05, 0) is 66.6 Å². The highest BCUT2D eigenvalue weighted by Crippen LogP contribution is 2.24. The van der Waals surface area contributed by atoms with Crippen LogP contribution in [0.1, 0.15) is 28.4 Å². The molecule has 3 aromatic rings. The summed E-state index contributed by atoms with van der Waals surface area (Å²) in [6, 6.07) is 23.1. The standard InChI is InChI=1S/C22H18BrClN2OS/c1-15(18-3-2-4-19(23)13-18)25-26-22(27)17-7-5-16(6-8-17)14-28-21-11-9-20(24)10-12-21/h2-13H,14H2,1H3,(H,26,27)/b25-15+.